The molecule has 0 amide bonds. The average molecular weight is 337 g/mol. The first-order valence-corrected chi connectivity index (χ1v) is 8.69. The van der Waals surface area contributed by atoms with E-state index in [0.717, 1.165) is 11.1 Å². The van der Waals surface area contributed by atoms with Crippen molar-refractivity contribution >= 4 is 27.3 Å². The molecule has 0 aliphatic heterocycles. The van der Waals surface area contributed by atoms with Gasteiger partial charge in [0.15, 0.2) is 0 Å². The summed E-state index contributed by atoms with van der Waals surface area (Å²) in [6.45, 7) is 3.92. The predicted molar refractivity (Wildman–Crippen MR) is 89.8 cm³/mol. The Bertz CT molecular complexity index is 767. The number of rotatable bonds is 5. The van der Waals surface area contributed by atoms with Crippen LogP contribution in [0.15, 0.2) is 58.5 Å². The van der Waals surface area contributed by atoms with Gasteiger partial charge in [0, 0.05) is 5.02 Å². The Hall–Kier alpha value is -1.85. The third kappa shape index (κ3) is 4.08. The lowest BCUT2D eigenvalue weighted by molar-refractivity contribution is 0.584. The minimum Gasteiger partial charge on any atom is -0.200 e. The summed E-state index contributed by atoms with van der Waals surface area (Å²) in [6.07, 6.45) is 0.617. The van der Waals surface area contributed by atoms with E-state index >= 15 is 0 Å². The molecule has 0 unspecified atom stereocenters. The molecule has 0 aliphatic carbocycles. The number of nitrogens with one attached hydrogen (secondary N) is 1. The Kier molecular flexibility index (Phi) is 5.21. The van der Waals surface area contributed by atoms with Gasteiger partial charge >= 0.3 is 0 Å². The minimum atomic E-state index is -3.69. The highest BCUT2D eigenvalue weighted by molar-refractivity contribution is 7.89. The van der Waals surface area contributed by atoms with Crippen molar-refractivity contribution in [2.24, 2.45) is 5.10 Å². The van der Waals surface area contributed by atoms with Gasteiger partial charge in [0.05, 0.1) is 10.6 Å². The molecule has 0 bridgehead atoms. The summed E-state index contributed by atoms with van der Waals surface area (Å²) in [5.41, 5.74) is 2.71. The van der Waals surface area contributed by atoms with Gasteiger partial charge in [-0.15, -0.1) is 0 Å². The third-order valence-electron chi connectivity index (χ3n) is 3.14. The van der Waals surface area contributed by atoms with Crippen LogP contribution < -0.4 is 4.83 Å². The van der Waals surface area contributed by atoms with Crippen LogP contribution in [0.2, 0.25) is 5.02 Å². The summed E-state index contributed by atoms with van der Waals surface area (Å²) >= 11 is 5.76. The molecule has 0 heterocycles. The Balaban J connectivity index is 2.24. The van der Waals surface area contributed by atoms with Gasteiger partial charge in [-0.05, 0) is 43.2 Å². The van der Waals surface area contributed by atoms with E-state index in [9.17, 15) is 8.42 Å². The highest BCUT2D eigenvalue weighted by Crippen LogP contribution is 2.14. The zero-order valence-electron chi connectivity index (χ0n) is 12.4. The van der Waals surface area contributed by atoms with Crippen molar-refractivity contribution in [3.8, 4) is 0 Å². The highest BCUT2D eigenvalue weighted by atomic mass is 35.5. The average Bonchev–Trinajstić information content (AvgIpc) is 2.50. The molecule has 0 aromatic heterocycles. The smallest absolute Gasteiger partial charge is 0.200 e. The van der Waals surface area contributed by atoms with Gasteiger partial charge < -0.3 is 0 Å². The molecular formula is C16H17ClN2O2S. The van der Waals surface area contributed by atoms with Crippen molar-refractivity contribution in [2.75, 3.05) is 0 Å². The molecular weight excluding hydrogens is 320 g/mol. The lowest BCUT2D eigenvalue weighted by Crippen LogP contribution is -2.20. The molecule has 2 aromatic carbocycles. The van der Waals surface area contributed by atoms with Crippen molar-refractivity contribution in [1.82, 2.24) is 4.83 Å². The van der Waals surface area contributed by atoms with Crippen molar-refractivity contribution in [2.45, 2.75) is 25.2 Å². The molecule has 0 saturated heterocycles. The van der Waals surface area contributed by atoms with Gasteiger partial charge in [-0.1, -0.05) is 48.4 Å². The molecule has 0 spiro atoms. The van der Waals surface area contributed by atoms with Crippen LogP contribution in [-0.2, 0) is 10.0 Å². The second-order valence-corrected chi connectivity index (χ2v) is 6.92. The Labute approximate surface area is 135 Å². The van der Waals surface area contributed by atoms with Crippen LogP contribution in [-0.4, -0.2) is 14.1 Å². The monoisotopic (exact) mass is 336 g/mol. The molecule has 2 aromatic rings. The van der Waals surface area contributed by atoms with Crippen LogP contribution >= 0.6 is 11.6 Å². The van der Waals surface area contributed by atoms with Gasteiger partial charge in [-0.3, -0.25) is 0 Å². The maximum absolute atomic E-state index is 12.2. The van der Waals surface area contributed by atoms with E-state index in [1.165, 1.54) is 24.3 Å². The molecule has 0 aliphatic rings. The molecule has 4 nitrogen and oxygen atoms in total. The molecule has 0 radical (unpaired) electrons. The zero-order chi connectivity index (χ0) is 16.2. The lowest BCUT2D eigenvalue weighted by Gasteiger charge is -2.07. The first-order valence-electron chi connectivity index (χ1n) is 6.83. The molecule has 2 rings (SSSR count). The van der Waals surface area contributed by atoms with E-state index in [1.54, 1.807) is 0 Å². The summed E-state index contributed by atoms with van der Waals surface area (Å²) in [6, 6.07) is 13.7. The normalized spacial score (nSPS) is 12.2. The van der Waals surface area contributed by atoms with Gasteiger partial charge in [0.2, 0.25) is 0 Å². The second kappa shape index (κ2) is 6.94. The molecule has 22 heavy (non-hydrogen) atoms. The van der Waals surface area contributed by atoms with Gasteiger partial charge in [-0.25, -0.2) is 0 Å². The second-order valence-electron chi connectivity index (χ2n) is 4.83. The number of aryl methyl sites for hydroxylation is 1. The number of halogens is 1. The number of benzene rings is 2. The first-order chi connectivity index (χ1) is 10.4. The van der Waals surface area contributed by atoms with Crippen molar-refractivity contribution in [3.63, 3.8) is 0 Å². The minimum absolute atomic E-state index is 0.125. The standard InChI is InChI=1S/C16H17ClN2O2S/c1-3-16(13-6-4-12(2)5-7-13)18-19-22(20,21)15-10-8-14(17)9-11-15/h4-11,19H,3H2,1-2H3/b18-16-. The molecule has 0 atom stereocenters. The van der Waals surface area contributed by atoms with E-state index in [4.69, 9.17) is 11.6 Å². The zero-order valence-corrected chi connectivity index (χ0v) is 13.9. The van der Waals surface area contributed by atoms with Crippen LogP contribution in [0.1, 0.15) is 24.5 Å². The molecule has 116 valence electrons. The Morgan fingerprint density at radius 3 is 2.23 bits per heavy atom. The van der Waals surface area contributed by atoms with Crippen LogP contribution in [0.25, 0.3) is 0 Å². The van der Waals surface area contributed by atoms with E-state index in [-0.39, 0.29) is 4.90 Å². The van der Waals surface area contributed by atoms with E-state index < -0.39 is 10.0 Å². The molecule has 0 saturated carbocycles. The Morgan fingerprint density at radius 2 is 1.68 bits per heavy atom. The van der Waals surface area contributed by atoms with Crippen LogP contribution in [0.3, 0.4) is 0 Å². The van der Waals surface area contributed by atoms with E-state index in [1.807, 2.05) is 38.1 Å². The number of hydrogen-bond donors (Lipinski definition) is 1. The number of hydrazone groups is 1. The van der Waals surface area contributed by atoms with Gasteiger partial charge in [0.25, 0.3) is 10.0 Å². The van der Waals surface area contributed by atoms with E-state index in [0.29, 0.717) is 17.2 Å². The fourth-order valence-corrected chi connectivity index (χ4v) is 2.83. The maximum Gasteiger partial charge on any atom is 0.276 e. The van der Waals surface area contributed by atoms with Crippen molar-refractivity contribution in [3.05, 3.63) is 64.7 Å². The van der Waals surface area contributed by atoms with Crippen LogP contribution in [0.5, 0.6) is 0 Å². The summed E-state index contributed by atoms with van der Waals surface area (Å²) in [5.74, 6) is 0. The summed E-state index contributed by atoms with van der Waals surface area (Å²) in [4.78, 5) is 2.40. The van der Waals surface area contributed by atoms with Gasteiger partial charge in [0.1, 0.15) is 0 Å². The van der Waals surface area contributed by atoms with Crippen LogP contribution in [0.4, 0.5) is 0 Å². The van der Waals surface area contributed by atoms with E-state index in [2.05, 4.69) is 9.93 Å². The van der Waals surface area contributed by atoms with Crippen molar-refractivity contribution < 1.29 is 8.42 Å². The fourth-order valence-electron chi connectivity index (χ4n) is 1.88. The largest absolute Gasteiger partial charge is 0.276 e. The third-order valence-corrected chi connectivity index (χ3v) is 4.62. The Morgan fingerprint density at radius 1 is 1.09 bits per heavy atom. The fraction of sp³-hybridized carbons (Fsp3) is 0.188. The summed E-state index contributed by atoms with van der Waals surface area (Å²) in [5, 5.41) is 4.54. The van der Waals surface area contributed by atoms with Gasteiger partial charge in [-0.2, -0.15) is 18.4 Å². The molecule has 6 heteroatoms. The van der Waals surface area contributed by atoms with Crippen LogP contribution in [0, 0.1) is 6.92 Å². The SMILES string of the molecule is CC/C(=N/NS(=O)(=O)c1ccc(Cl)cc1)c1ccc(C)cc1. The van der Waals surface area contributed by atoms with Crippen molar-refractivity contribution in [1.29, 1.82) is 0 Å². The molecule has 0 fully saturated rings. The molecule has 1 N–H and O–H groups in total. The number of hydrogen-bond acceptors (Lipinski definition) is 3. The highest BCUT2D eigenvalue weighted by Gasteiger charge is 2.13. The predicted octanol–water partition coefficient (Wildman–Crippen LogP) is 3.74. The maximum atomic E-state index is 12.2. The number of nitrogens with zero attached hydrogens (tertiary/aromatic N) is 1. The summed E-state index contributed by atoms with van der Waals surface area (Å²) in [7, 11) is -3.69. The lowest BCUT2D eigenvalue weighted by atomic mass is 10.1. The summed E-state index contributed by atoms with van der Waals surface area (Å²) < 4.78 is 24.4. The topological polar surface area (TPSA) is 58.5 Å². The number of sulfonamides is 1. The first kappa shape index (κ1) is 16.5. The quantitative estimate of drug-likeness (QED) is 0.668.